The number of aliphatic hydroxyl groups excluding tert-OH is 1. The number of nitrogens with zero attached hydrogens (tertiary/aromatic N) is 3. The van der Waals surface area contributed by atoms with Gasteiger partial charge in [0.1, 0.15) is 5.84 Å². The summed E-state index contributed by atoms with van der Waals surface area (Å²) in [6.07, 6.45) is 0.826. The number of rotatable bonds is 7. The molecule has 0 bridgehead atoms. The van der Waals surface area contributed by atoms with E-state index in [2.05, 4.69) is 19.6 Å². The van der Waals surface area contributed by atoms with Gasteiger partial charge in [0.2, 0.25) is 0 Å². The Balaban J connectivity index is 1.58. The van der Waals surface area contributed by atoms with Crippen molar-refractivity contribution in [2.45, 2.75) is 70.5 Å². The van der Waals surface area contributed by atoms with Gasteiger partial charge in [-0.2, -0.15) is 4.31 Å². The molecule has 3 aliphatic rings. The summed E-state index contributed by atoms with van der Waals surface area (Å²) in [5.74, 6) is -0.325. The van der Waals surface area contributed by atoms with Crippen LogP contribution < -0.4 is 5.32 Å². The second-order valence-corrected chi connectivity index (χ2v) is 11.7. The molecular formula is C16H28N4O9P2. The minimum atomic E-state index is -4.93. The smallest absolute Gasteiger partial charge is 0.393 e. The van der Waals surface area contributed by atoms with Crippen LogP contribution in [0, 0.1) is 5.92 Å². The minimum Gasteiger partial charge on any atom is -0.393 e. The van der Waals surface area contributed by atoms with Gasteiger partial charge in [0.05, 0.1) is 24.7 Å². The fraction of sp³-hybridized carbons (Fsp3) is 0.812. The fourth-order valence-corrected chi connectivity index (χ4v) is 6.23. The molecule has 176 valence electrons. The topological polar surface area (TPSA) is 180 Å². The highest BCUT2D eigenvalue weighted by atomic mass is 31.3. The zero-order chi connectivity index (χ0) is 23.2. The Bertz CT molecular complexity index is 874. The number of amidine groups is 1. The van der Waals surface area contributed by atoms with Crippen LogP contribution in [0.4, 0.5) is 0 Å². The van der Waals surface area contributed by atoms with Gasteiger partial charge in [-0.3, -0.25) is 18.8 Å². The maximum atomic E-state index is 12.1. The molecule has 1 saturated carbocycles. The molecule has 1 amide bonds. The maximum Gasteiger partial charge on any atom is 0.481 e. The highest BCUT2D eigenvalue weighted by Crippen LogP contribution is 2.62. The average molecular weight is 482 g/mol. The summed E-state index contributed by atoms with van der Waals surface area (Å²) < 4.78 is 37.9. The number of phosphoric ester groups is 2. The number of hydrogen-bond acceptors (Lipinski definition) is 10. The van der Waals surface area contributed by atoms with Crippen LogP contribution in [-0.4, -0.2) is 74.4 Å². The molecule has 0 radical (unpaired) electrons. The van der Waals surface area contributed by atoms with E-state index in [4.69, 9.17) is 9.05 Å². The van der Waals surface area contributed by atoms with E-state index in [0.717, 1.165) is 0 Å². The molecule has 0 saturated heterocycles. The van der Waals surface area contributed by atoms with Crippen LogP contribution in [0.5, 0.6) is 0 Å². The van der Waals surface area contributed by atoms with Gasteiger partial charge in [-0.1, -0.05) is 0 Å². The van der Waals surface area contributed by atoms with Crippen molar-refractivity contribution >= 4 is 33.7 Å². The fourth-order valence-electron chi connectivity index (χ4n) is 3.79. The van der Waals surface area contributed by atoms with Crippen LogP contribution in [0.2, 0.25) is 0 Å². The lowest BCUT2D eigenvalue weighted by Gasteiger charge is -2.32. The Morgan fingerprint density at radius 2 is 1.94 bits per heavy atom. The van der Waals surface area contributed by atoms with E-state index in [-0.39, 0.29) is 18.6 Å². The van der Waals surface area contributed by atoms with Crippen LogP contribution in [0.15, 0.2) is 9.98 Å². The first-order valence-corrected chi connectivity index (χ1v) is 12.7. The van der Waals surface area contributed by atoms with Crippen LogP contribution >= 0.6 is 15.6 Å². The van der Waals surface area contributed by atoms with Gasteiger partial charge in [-0.15, -0.1) is 0 Å². The van der Waals surface area contributed by atoms with Gasteiger partial charge >= 0.3 is 15.6 Å². The van der Waals surface area contributed by atoms with Crippen molar-refractivity contribution in [3.63, 3.8) is 0 Å². The predicted molar refractivity (Wildman–Crippen MR) is 109 cm³/mol. The molecule has 2 aliphatic heterocycles. The van der Waals surface area contributed by atoms with E-state index < -0.39 is 45.5 Å². The molecule has 0 aromatic rings. The number of nitrogens with one attached hydrogen (secondary N) is 1. The van der Waals surface area contributed by atoms with Gasteiger partial charge in [-0.25, -0.2) is 14.1 Å². The van der Waals surface area contributed by atoms with Crippen molar-refractivity contribution in [1.29, 1.82) is 0 Å². The van der Waals surface area contributed by atoms with E-state index in [1.54, 1.807) is 11.8 Å². The van der Waals surface area contributed by atoms with Gasteiger partial charge in [0.15, 0.2) is 12.2 Å². The zero-order valence-corrected chi connectivity index (χ0v) is 19.4. The molecule has 2 heterocycles. The summed E-state index contributed by atoms with van der Waals surface area (Å²) in [6, 6.07) is -0.888. The molecule has 13 nitrogen and oxygen atoms in total. The van der Waals surface area contributed by atoms with Crippen molar-refractivity contribution < 1.29 is 42.2 Å². The van der Waals surface area contributed by atoms with E-state index in [9.17, 15) is 28.8 Å². The summed E-state index contributed by atoms with van der Waals surface area (Å²) in [5, 5.41) is 13.0. The Morgan fingerprint density at radius 3 is 2.58 bits per heavy atom. The molecular weight excluding hydrogens is 454 g/mol. The van der Waals surface area contributed by atoms with Crippen LogP contribution in [0.1, 0.15) is 40.5 Å². The van der Waals surface area contributed by atoms with Crippen molar-refractivity contribution in [3.8, 4) is 0 Å². The monoisotopic (exact) mass is 482 g/mol. The van der Waals surface area contributed by atoms with Crippen molar-refractivity contribution in [3.05, 3.63) is 0 Å². The normalized spacial score (nSPS) is 34.7. The second-order valence-electron chi connectivity index (χ2n) is 8.74. The first kappa shape index (κ1) is 24.5. The van der Waals surface area contributed by atoms with Gasteiger partial charge in [-0.05, 0) is 40.5 Å². The lowest BCUT2D eigenvalue weighted by atomic mass is 10.1. The van der Waals surface area contributed by atoms with Gasteiger partial charge in [0, 0.05) is 12.0 Å². The molecule has 31 heavy (non-hydrogen) atoms. The third kappa shape index (κ3) is 6.21. The molecule has 3 rings (SSSR count). The van der Waals surface area contributed by atoms with Crippen LogP contribution in [-0.2, 0) is 27.3 Å². The third-order valence-corrected chi connectivity index (χ3v) is 7.85. The predicted octanol–water partition coefficient (Wildman–Crippen LogP) is 0.762. The number of phosphoric acid groups is 2. The highest BCUT2D eigenvalue weighted by Gasteiger charge is 2.46. The summed E-state index contributed by atoms with van der Waals surface area (Å²) in [6.45, 7) is 5.72. The maximum absolute atomic E-state index is 12.1. The number of aliphatic imine (C=N–C) groups is 2. The number of aliphatic hydroxyl groups is 1. The lowest BCUT2D eigenvalue weighted by molar-refractivity contribution is -0.122. The number of fused-ring (bicyclic) bond motifs is 1. The minimum absolute atomic E-state index is 0.225. The molecule has 0 aromatic heterocycles. The number of hydrogen-bond donors (Lipinski definition) is 4. The first-order valence-electron chi connectivity index (χ1n) is 9.72. The summed E-state index contributed by atoms with van der Waals surface area (Å²) in [5.41, 5.74) is -1.09. The molecule has 7 unspecified atom stereocenters. The molecule has 1 aliphatic carbocycles. The second kappa shape index (κ2) is 8.64. The van der Waals surface area contributed by atoms with E-state index in [0.29, 0.717) is 18.7 Å². The molecule has 0 spiro atoms. The lowest BCUT2D eigenvalue weighted by Crippen LogP contribution is -2.52. The van der Waals surface area contributed by atoms with Gasteiger partial charge in [0.25, 0.3) is 5.91 Å². The number of carbonyl (C=O) groups excluding carboxylic acids is 1. The standard InChI is InChI=1S/C16H28N4O9P2/c1-9-18-14-13(15(22)19-9)17-8-20(14)11-5-10(12(21)6-11)7-27-30(23,24)29-31(25,26)28-16(2,3)4/h8,10-14,21H,5-7H2,1-4H3,(H,23,24)(H,25,26)(H,18,19,22). The van der Waals surface area contributed by atoms with E-state index in [1.807, 2.05) is 0 Å². The Hall–Kier alpha value is -1.17. The highest BCUT2D eigenvalue weighted by molar-refractivity contribution is 7.61. The SMILES string of the molecule is CC1=NC2C(N=CN2C2CC(O)C(COP(=O)(O)OP(=O)(O)OC(C)(C)C)C2)C(=O)N1. The Morgan fingerprint density at radius 1 is 1.26 bits per heavy atom. The molecule has 7 atom stereocenters. The number of carbonyl (C=O) groups is 1. The van der Waals surface area contributed by atoms with E-state index >= 15 is 0 Å². The van der Waals surface area contributed by atoms with Gasteiger partial charge < -0.3 is 25.1 Å². The molecule has 4 N–H and O–H groups in total. The summed E-state index contributed by atoms with van der Waals surface area (Å²) in [7, 11) is -9.78. The largest absolute Gasteiger partial charge is 0.481 e. The first-order chi connectivity index (χ1) is 14.2. The quantitative estimate of drug-likeness (QED) is 0.379. The summed E-state index contributed by atoms with van der Waals surface area (Å²) >= 11 is 0. The average Bonchev–Trinajstić information content (AvgIpc) is 3.13. The molecule has 15 heteroatoms. The molecule has 0 aromatic carbocycles. The van der Waals surface area contributed by atoms with Crippen molar-refractivity contribution in [1.82, 2.24) is 10.2 Å². The zero-order valence-electron chi connectivity index (χ0n) is 17.6. The summed E-state index contributed by atoms with van der Waals surface area (Å²) in [4.78, 5) is 41.9. The molecule has 1 fully saturated rings. The van der Waals surface area contributed by atoms with Crippen LogP contribution in [0.3, 0.4) is 0 Å². The Kier molecular flexibility index (Phi) is 6.82. The third-order valence-electron chi connectivity index (χ3n) is 4.95. The van der Waals surface area contributed by atoms with Crippen molar-refractivity contribution in [2.75, 3.05) is 6.61 Å². The Labute approximate surface area is 179 Å². The van der Waals surface area contributed by atoms with Crippen LogP contribution in [0.25, 0.3) is 0 Å². The van der Waals surface area contributed by atoms with E-state index in [1.165, 1.54) is 27.1 Å². The van der Waals surface area contributed by atoms with Crippen molar-refractivity contribution in [2.24, 2.45) is 15.9 Å². The number of amides is 1.